The average Bonchev–Trinajstić information content (AvgIpc) is 2.27. The summed E-state index contributed by atoms with van der Waals surface area (Å²) in [6.07, 6.45) is -2.98. The van der Waals surface area contributed by atoms with Gasteiger partial charge in [0.15, 0.2) is 0 Å². The number of carboxylic acids is 1. The number of alkyl halides is 3. The number of anilines is 1. The van der Waals surface area contributed by atoms with E-state index >= 15 is 0 Å². The normalized spacial score (nSPS) is 11.3. The van der Waals surface area contributed by atoms with E-state index in [0.717, 1.165) is 24.4 Å². The third-order valence-electron chi connectivity index (χ3n) is 1.89. The molecule has 8 heteroatoms. The number of hydrogen-bond acceptors (Lipinski definition) is 2. The van der Waals surface area contributed by atoms with Gasteiger partial charge in [-0.15, -0.1) is 0 Å². The van der Waals surface area contributed by atoms with Crippen molar-refractivity contribution in [2.75, 3.05) is 5.32 Å². The molecule has 1 rings (SSSR count). The average molecular weight is 274 g/mol. The summed E-state index contributed by atoms with van der Waals surface area (Å²) < 4.78 is 37.2. The summed E-state index contributed by atoms with van der Waals surface area (Å²) in [6.45, 7) is 0. The highest BCUT2D eigenvalue weighted by molar-refractivity contribution is 5.90. The molecule has 0 fully saturated rings. The van der Waals surface area contributed by atoms with Crippen LogP contribution in [0.4, 0.5) is 23.7 Å². The fraction of sp³-hybridized carbons (Fsp3) is 0.0909. The van der Waals surface area contributed by atoms with Gasteiger partial charge in [0.05, 0.1) is 5.56 Å². The molecule has 0 aliphatic heterocycles. The lowest BCUT2D eigenvalue weighted by Gasteiger charge is -2.09. The van der Waals surface area contributed by atoms with Crippen LogP contribution in [-0.4, -0.2) is 17.1 Å². The zero-order valence-electron chi connectivity index (χ0n) is 9.36. The molecular formula is C11H9F3N2O3. The first-order valence-corrected chi connectivity index (χ1v) is 4.93. The van der Waals surface area contributed by atoms with Crippen LogP contribution in [0.1, 0.15) is 5.56 Å². The summed E-state index contributed by atoms with van der Waals surface area (Å²) in [7, 11) is 0. The van der Waals surface area contributed by atoms with E-state index in [0.29, 0.717) is 6.08 Å². The highest BCUT2D eigenvalue weighted by Gasteiger charge is 2.30. The number of carboxylic acid groups (broad SMARTS) is 1. The van der Waals surface area contributed by atoms with Crippen LogP contribution in [0.3, 0.4) is 0 Å². The van der Waals surface area contributed by atoms with Gasteiger partial charge in [0.1, 0.15) is 0 Å². The quantitative estimate of drug-likeness (QED) is 0.741. The fourth-order valence-electron chi connectivity index (χ4n) is 1.13. The number of nitrogens with one attached hydrogen (secondary N) is 2. The van der Waals surface area contributed by atoms with Crippen molar-refractivity contribution in [3.8, 4) is 0 Å². The lowest BCUT2D eigenvalue weighted by atomic mass is 10.2. The topological polar surface area (TPSA) is 78.4 Å². The summed E-state index contributed by atoms with van der Waals surface area (Å²) >= 11 is 0. The second-order valence-corrected chi connectivity index (χ2v) is 3.35. The fourth-order valence-corrected chi connectivity index (χ4v) is 1.13. The smallest absolute Gasteiger partial charge is 0.416 e. The molecule has 19 heavy (non-hydrogen) atoms. The Morgan fingerprint density at radius 1 is 1.26 bits per heavy atom. The Labute approximate surface area is 105 Å². The van der Waals surface area contributed by atoms with E-state index in [-0.39, 0.29) is 5.69 Å². The monoisotopic (exact) mass is 274 g/mol. The minimum absolute atomic E-state index is 0.0592. The molecule has 0 heterocycles. The molecule has 0 aromatic heterocycles. The SMILES string of the molecule is O=C(O)/C=C/NC(=O)Nc1cccc(C(F)(F)F)c1. The molecule has 0 saturated carbocycles. The van der Waals surface area contributed by atoms with E-state index in [2.05, 4.69) is 5.32 Å². The number of carbonyl (C=O) groups is 2. The zero-order chi connectivity index (χ0) is 14.5. The van der Waals surface area contributed by atoms with Crippen LogP contribution in [-0.2, 0) is 11.0 Å². The Hall–Kier alpha value is -2.51. The summed E-state index contributed by atoms with van der Waals surface area (Å²) in [6, 6.07) is 3.20. The molecule has 0 aliphatic carbocycles. The molecule has 0 aliphatic rings. The van der Waals surface area contributed by atoms with Crippen LogP contribution in [0, 0.1) is 0 Å². The van der Waals surface area contributed by atoms with Crippen LogP contribution in [0.2, 0.25) is 0 Å². The van der Waals surface area contributed by atoms with Gasteiger partial charge in [-0.05, 0) is 18.2 Å². The number of aliphatic carboxylic acids is 1. The van der Waals surface area contributed by atoms with E-state index in [1.165, 1.54) is 6.07 Å². The van der Waals surface area contributed by atoms with Crippen molar-refractivity contribution in [2.45, 2.75) is 6.18 Å². The van der Waals surface area contributed by atoms with E-state index in [1.807, 2.05) is 5.32 Å². The number of amides is 2. The van der Waals surface area contributed by atoms with Gasteiger partial charge in [0, 0.05) is 18.0 Å². The van der Waals surface area contributed by atoms with Crippen molar-refractivity contribution in [3.63, 3.8) is 0 Å². The molecule has 0 spiro atoms. The molecule has 3 N–H and O–H groups in total. The molecule has 1 aromatic rings. The molecule has 102 valence electrons. The lowest BCUT2D eigenvalue weighted by molar-refractivity contribution is -0.137. The first-order chi connectivity index (χ1) is 8.79. The summed E-state index contributed by atoms with van der Waals surface area (Å²) in [5.74, 6) is -1.26. The van der Waals surface area contributed by atoms with E-state index in [4.69, 9.17) is 5.11 Å². The van der Waals surface area contributed by atoms with Crippen LogP contribution in [0.15, 0.2) is 36.5 Å². The third-order valence-corrected chi connectivity index (χ3v) is 1.89. The van der Waals surface area contributed by atoms with Gasteiger partial charge >= 0.3 is 18.2 Å². The first-order valence-electron chi connectivity index (χ1n) is 4.93. The maximum atomic E-state index is 12.4. The standard InChI is InChI=1S/C11H9F3N2O3/c12-11(13,14)7-2-1-3-8(6-7)16-10(19)15-5-4-9(17)18/h1-6H,(H,17,18)(H2,15,16,19)/b5-4+. The van der Waals surface area contributed by atoms with Gasteiger partial charge < -0.3 is 15.7 Å². The van der Waals surface area contributed by atoms with Crippen molar-refractivity contribution in [1.29, 1.82) is 0 Å². The molecule has 0 bridgehead atoms. The Bertz CT molecular complexity index is 512. The molecule has 0 atom stereocenters. The summed E-state index contributed by atoms with van der Waals surface area (Å²) in [4.78, 5) is 21.3. The number of benzene rings is 1. The van der Waals surface area contributed by atoms with Crippen LogP contribution in [0.5, 0.6) is 0 Å². The second kappa shape index (κ2) is 5.89. The molecule has 5 nitrogen and oxygen atoms in total. The predicted octanol–water partition coefficient (Wildman–Crippen LogP) is 2.43. The Balaban J connectivity index is 2.67. The Kier molecular flexibility index (Phi) is 4.51. The highest BCUT2D eigenvalue weighted by Crippen LogP contribution is 2.30. The lowest BCUT2D eigenvalue weighted by Crippen LogP contribution is -2.24. The number of hydrogen-bond donors (Lipinski definition) is 3. The summed E-state index contributed by atoms with van der Waals surface area (Å²) in [5.41, 5.74) is -0.956. The number of halogens is 3. The Morgan fingerprint density at radius 3 is 2.53 bits per heavy atom. The van der Waals surface area contributed by atoms with Crippen LogP contribution >= 0.6 is 0 Å². The van der Waals surface area contributed by atoms with E-state index in [1.54, 1.807) is 0 Å². The first kappa shape index (κ1) is 14.6. The molecule has 2 amide bonds. The number of urea groups is 1. The van der Waals surface area contributed by atoms with Crippen molar-refractivity contribution < 1.29 is 27.9 Å². The molecule has 0 saturated heterocycles. The van der Waals surface area contributed by atoms with E-state index < -0.39 is 23.7 Å². The largest absolute Gasteiger partial charge is 0.478 e. The van der Waals surface area contributed by atoms with Crippen LogP contribution in [0.25, 0.3) is 0 Å². The molecule has 0 unspecified atom stereocenters. The minimum Gasteiger partial charge on any atom is -0.478 e. The van der Waals surface area contributed by atoms with Gasteiger partial charge in [-0.3, -0.25) is 0 Å². The second-order valence-electron chi connectivity index (χ2n) is 3.35. The van der Waals surface area contributed by atoms with Crippen molar-refractivity contribution in [1.82, 2.24) is 5.32 Å². The molecule has 0 radical (unpaired) electrons. The van der Waals surface area contributed by atoms with Gasteiger partial charge in [0.25, 0.3) is 0 Å². The van der Waals surface area contributed by atoms with Gasteiger partial charge in [0.2, 0.25) is 0 Å². The Morgan fingerprint density at radius 2 is 1.95 bits per heavy atom. The van der Waals surface area contributed by atoms with Crippen molar-refractivity contribution >= 4 is 17.7 Å². The summed E-state index contributed by atoms with van der Waals surface area (Å²) in [5, 5.41) is 12.4. The predicted molar refractivity (Wildman–Crippen MR) is 60.4 cm³/mol. The minimum atomic E-state index is -4.50. The van der Waals surface area contributed by atoms with Crippen LogP contribution < -0.4 is 10.6 Å². The molecular weight excluding hydrogens is 265 g/mol. The number of carbonyl (C=O) groups excluding carboxylic acids is 1. The molecule has 1 aromatic carbocycles. The number of rotatable bonds is 3. The maximum Gasteiger partial charge on any atom is 0.416 e. The van der Waals surface area contributed by atoms with E-state index in [9.17, 15) is 22.8 Å². The van der Waals surface area contributed by atoms with Crippen molar-refractivity contribution in [2.24, 2.45) is 0 Å². The van der Waals surface area contributed by atoms with Gasteiger partial charge in [-0.2, -0.15) is 13.2 Å². The van der Waals surface area contributed by atoms with Crippen molar-refractivity contribution in [3.05, 3.63) is 42.1 Å². The zero-order valence-corrected chi connectivity index (χ0v) is 9.36. The van der Waals surface area contributed by atoms with Gasteiger partial charge in [-0.25, -0.2) is 9.59 Å². The highest BCUT2D eigenvalue weighted by atomic mass is 19.4. The maximum absolute atomic E-state index is 12.4. The third kappa shape index (κ3) is 5.11. The van der Waals surface area contributed by atoms with Gasteiger partial charge in [-0.1, -0.05) is 6.07 Å².